The fourth-order valence-corrected chi connectivity index (χ4v) is 1.36. The quantitative estimate of drug-likeness (QED) is 0.447. The Bertz CT molecular complexity index is 507. The molecule has 0 aliphatic carbocycles. The summed E-state index contributed by atoms with van der Waals surface area (Å²) in [7, 11) is 1.12. The molecular weight excluding hydrogens is 236 g/mol. The highest BCUT2D eigenvalue weighted by Crippen LogP contribution is 2.30. The summed E-state index contributed by atoms with van der Waals surface area (Å²) >= 11 is 5.58. The number of hydrogen-bond donors (Lipinski definition) is 0. The first-order chi connectivity index (χ1) is 7.52. The van der Waals surface area contributed by atoms with Crippen LogP contribution in [0.3, 0.4) is 0 Å². The summed E-state index contributed by atoms with van der Waals surface area (Å²) in [6, 6.07) is 3.96. The maximum Gasteiger partial charge on any atom is 0.339 e. The third-order valence-corrected chi connectivity index (χ3v) is 2.13. The van der Waals surface area contributed by atoms with E-state index < -0.39 is 22.1 Å². The van der Waals surface area contributed by atoms with Gasteiger partial charge in [0, 0.05) is 0 Å². The lowest BCUT2D eigenvalue weighted by atomic mass is 10.1. The number of hydrogen-bond acceptors (Lipinski definition) is 5. The summed E-state index contributed by atoms with van der Waals surface area (Å²) in [6.07, 6.45) is 0. The van der Waals surface area contributed by atoms with E-state index in [0.29, 0.717) is 0 Å². The number of carbonyl (C=O) groups is 1. The van der Waals surface area contributed by atoms with E-state index in [9.17, 15) is 14.9 Å². The van der Waals surface area contributed by atoms with Crippen LogP contribution < -0.4 is 0 Å². The fourth-order valence-electron chi connectivity index (χ4n) is 1.14. The van der Waals surface area contributed by atoms with E-state index in [1.54, 1.807) is 6.07 Å². The molecule has 0 N–H and O–H groups in total. The van der Waals surface area contributed by atoms with Crippen LogP contribution in [0.1, 0.15) is 15.9 Å². The van der Waals surface area contributed by atoms with Crippen LogP contribution in [-0.2, 0) is 4.74 Å². The van der Waals surface area contributed by atoms with Crippen LogP contribution in [0.25, 0.3) is 0 Å². The molecule has 0 amide bonds. The summed E-state index contributed by atoms with van der Waals surface area (Å²) in [5.41, 5.74) is -1.17. The number of nitriles is 1. The van der Waals surface area contributed by atoms with Crippen molar-refractivity contribution in [3.05, 3.63) is 38.4 Å². The van der Waals surface area contributed by atoms with Gasteiger partial charge >= 0.3 is 11.7 Å². The van der Waals surface area contributed by atoms with E-state index in [4.69, 9.17) is 16.9 Å². The number of benzene rings is 1. The van der Waals surface area contributed by atoms with Gasteiger partial charge in [0.2, 0.25) is 0 Å². The van der Waals surface area contributed by atoms with Gasteiger partial charge in [0.05, 0.1) is 17.6 Å². The number of halogens is 1. The summed E-state index contributed by atoms with van der Waals surface area (Å²) < 4.78 is 4.40. The molecule has 7 heteroatoms. The van der Waals surface area contributed by atoms with Gasteiger partial charge in [-0.05, 0) is 12.1 Å². The Labute approximate surface area is 95.2 Å². The Morgan fingerprint density at radius 1 is 1.62 bits per heavy atom. The predicted molar refractivity (Wildman–Crippen MR) is 54.2 cm³/mol. The predicted octanol–water partition coefficient (Wildman–Crippen LogP) is 1.91. The van der Waals surface area contributed by atoms with Gasteiger partial charge in [0.15, 0.2) is 0 Å². The van der Waals surface area contributed by atoms with Crippen molar-refractivity contribution in [2.75, 3.05) is 7.11 Å². The monoisotopic (exact) mass is 240 g/mol. The number of esters is 1. The maximum atomic E-state index is 11.2. The van der Waals surface area contributed by atoms with Crippen LogP contribution in [0.15, 0.2) is 12.1 Å². The first-order valence-corrected chi connectivity index (χ1v) is 4.36. The van der Waals surface area contributed by atoms with E-state index in [1.807, 2.05) is 0 Å². The van der Waals surface area contributed by atoms with E-state index in [2.05, 4.69) is 4.74 Å². The first-order valence-electron chi connectivity index (χ1n) is 3.98. The van der Waals surface area contributed by atoms with Gasteiger partial charge in [-0.25, -0.2) is 4.79 Å². The summed E-state index contributed by atoms with van der Waals surface area (Å²) in [5.74, 6) is -0.823. The zero-order chi connectivity index (χ0) is 12.3. The van der Waals surface area contributed by atoms with Crippen molar-refractivity contribution in [1.82, 2.24) is 0 Å². The molecule has 0 bridgehead atoms. The molecule has 0 aliphatic rings. The molecule has 0 saturated carbocycles. The average molecular weight is 241 g/mol. The third kappa shape index (κ3) is 1.94. The second kappa shape index (κ2) is 4.59. The van der Waals surface area contributed by atoms with E-state index in [-0.39, 0.29) is 10.6 Å². The maximum absolute atomic E-state index is 11.2. The van der Waals surface area contributed by atoms with Crippen LogP contribution in [0.5, 0.6) is 0 Å². The highest BCUT2D eigenvalue weighted by Gasteiger charge is 2.25. The molecule has 0 radical (unpaired) electrons. The number of rotatable bonds is 2. The molecule has 1 aromatic rings. The van der Waals surface area contributed by atoms with Crippen molar-refractivity contribution < 1.29 is 14.5 Å². The van der Waals surface area contributed by atoms with Crippen LogP contribution >= 0.6 is 11.6 Å². The van der Waals surface area contributed by atoms with Crippen molar-refractivity contribution in [1.29, 1.82) is 5.26 Å². The molecule has 82 valence electrons. The van der Waals surface area contributed by atoms with Crippen LogP contribution in [-0.4, -0.2) is 18.0 Å². The van der Waals surface area contributed by atoms with E-state index in [0.717, 1.165) is 7.11 Å². The number of methoxy groups -OCH3 is 1. The number of ether oxygens (including phenoxy) is 1. The van der Waals surface area contributed by atoms with Crippen LogP contribution in [0, 0.1) is 21.4 Å². The van der Waals surface area contributed by atoms with E-state index >= 15 is 0 Å². The molecule has 0 unspecified atom stereocenters. The first kappa shape index (κ1) is 11.9. The third-order valence-electron chi connectivity index (χ3n) is 1.83. The van der Waals surface area contributed by atoms with Crippen LogP contribution in [0.4, 0.5) is 5.69 Å². The van der Waals surface area contributed by atoms with Gasteiger partial charge in [-0.15, -0.1) is 0 Å². The summed E-state index contributed by atoms with van der Waals surface area (Å²) in [5, 5.41) is 19.3. The second-order valence-electron chi connectivity index (χ2n) is 2.68. The topological polar surface area (TPSA) is 93.2 Å². The zero-order valence-electron chi connectivity index (χ0n) is 8.06. The Morgan fingerprint density at radius 3 is 2.69 bits per heavy atom. The van der Waals surface area contributed by atoms with Crippen molar-refractivity contribution >= 4 is 23.3 Å². The number of nitrogens with zero attached hydrogens (tertiary/aromatic N) is 2. The van der Waals surface area contributed by atoms with Gasteiger partial charge < -0.3 is 4.74 Å². The molecule has 1 aromatic carbocycles. The number of nitro groups is 1. The van der Waals surface area contributed by atoms with Crippen molar-refractivity contribution in [3.63, 3.8) is 0 Å². The normalized spacial score (nSPS) is 9.31. The standard InChI is InChI=1S/C9H5ClN2O4/c1-16-9(13)5-2-3-7(10)8(12(14)15)6(5)4-11/h2-3H,1H3. The average Bonchev–Trinajstić information content (AvgIpc) is 2.26. The lowest BCUT2D eigenvalue weighted by molar-refractivity contribution is -0.385. The van der Waals surface area contributed by atoms with Crippen LogP contribution in [0.2, 0.25) is 5.02 Å². The van der Waals surface area contributed by atoms with Crippen molar-refractivity contribution in [2.45, 2.75) is 0 Å². The Balaban J connectivity index is 3.57. The highest BCUT2D eigenvalue weighted by molar-refractivity contribution is 6.33. The molecule has 6 nitrogen and oxygen atoms in total. The number of carbonyl (C=O) groups excluding carboxylic acids is 1. The molecule has 0 fully saturated rings. The SMILES string of the molecule is COC(=O)c1ccc(Cl)c([N+](=O)[O-])c1C#N. The zero-order valence-corrected chi connectivity index (χ0v) is 8.82. The summed E-state index contributed by atoms with van der Waals surface area (Å²) in [4.78, 5) is 21.1. The molecule has 1 rings (SSSR count). The van der Waals surface area contributed by atoms with Gasteiger partial charge in [-0.1, -0.05) is 11.6 Å². The molecular formula is C9H5ClN2O4. The molecule has 0 aromatic heterocycles. The summed E-state index contributed by atoms with van der Waals surface area (Å²) in [6.45, 7) is 0. The van der Waals surface area contributed by atoms with E-state index in [1.165, 1.54) is 12.1 Å². The van der Waals surface area contributed by atoms with Gasteiger partial charge in [-0.3, -0.25) is 10.1 Å². The molecule has 16 heavy (non-hydrogen) atoms. The minimum atomic E-state index is -0.823. The van der Waals surface area contributed by atoms with Gasteiger partial charge in [0.25, 0.3) is 0 Å². The Kier molecular flexibility index (Phi) is 3.43. The smallest absolute Gasteiger partial charge is 0.339 e. The fraction of sp³-hybridized carbons (Fsp3) is 0.111. The van der Waals surface area contributed by atoms with Gasteiger partial charge in [0.1, 0.15) is 16.7 Å². The largest absolute Gasteiger partial charge is 0.465 e. The highest BCUT2D eigenvalue weighted by atomic mass is 35.5. The van der Waals surface area contributed by atoms with Crippen molar-refractivity contribution in [3.8, 4) is 6.07 Å². The molecule has 0 spiro atoms. The van der Waals surface area contributed by atoms with Crippen molar-refractivity contribution in [2.24, 2.45) is 0 Å². The van der Waals surface area contributed by atoms with Gasteiger partial charge in [-0.2, -0.15) is 5.26 Å². The molecule has 0 aliphatic heterocycles. The lowest BCUT2D eigenvalue weighted by Crippen LogP contribution is -2.06. The molecule has 0 saturated heterocycles. The minimum Gasteiger partial charge on any atom is -0.465 e. The molecule has 0 heterocycles. The lowest BCUT2D eigenvalue weighted by Gasteiger charge is -2.03. The Morgan fingerprint density at radius 2 is 2.25 bits per heavy atom. The molecule has 0 atom stereocenters. The minimum absolute atomic E-state index is 0.180. The Hall–Kier alpha value is -2.13. The second-order valence-corrected chi connectivity index (χ2v) is 3.09. The number of nitro benzene ring substituents is 1.